The molecule has 0 saturated carbocycles. The number of carbonyl (C=O) groups is 2. The smallest absolute Gasteiger partial charge is 0.240 e. The number of hydrogen-bond acceptors (Lipinski definition) is 3. The molecular weight excluding hydrogens is 254 g/mol. The Morgan fingerprint density at radius 2 is 2.25 bits per heavy atom. The van der Waals surface area contributed by atoms with Gasteiger partial charge in [-0.05, 0) is 37.5 Å². The predicted molar refractivity (Wildman–Crippen MR) is 78.2 cm³/mol. The van der Waals surface area contributed by atoms with Crippen LogP contribution in [0.5, 0.6) is 0 Å². The zero-order valence-electron chi connectivity index (χ0n) is 12.5. The van der Waals surface area contributed by atoms with E-state index >= 15 is 0 Å². The largest absolute Gasteiger partial charge is 0.342 e. The van der Waals surface area contributed by atoms with Crippen LogP contribution in [0.4, 0.5) is 0 Å². The second-order valence-corrected chi connectivity index (χ2v) is 6.34. The molecular formula is C15H25N3O2. The van der Waals surface area contributed by atoms with Crippen LogP contribution in [0.1, 0.15) is 52.4 Å². The molecule has 0 spiro atoms. The first-order valence-electron chi connectivity index (χ1n) is 7.66. The highest BCUT2D eigenvalue weighted by molar-refractivity contribution is 5.94. The van der Waals surface area contributed by atoms with Gasteiger partial charge in [-0.25, -0.2) is 5.43 Å². The fourth-order valence-corrected chi connectivity index (χ4v) is 3.02. The fourth-order valence-electron chi connectivity index (χ4n) is 3.02. The summed E-state index contributed by atoms with van der Waals surface area (Å²) in [6.07, 6.45) is 4.72. The van der Waals surface area contributed by atoms with Crippen LogP contribution in [0.15, 0.2) is 5.10 Å². The third kappa shape index (κ3) is 4.32. The van der Waals surface area contributed by atoms with Crippen molar-refractivity contribution >= 4 is 17.5 Å². The van der Waals surface area contributed by atoms with Gasteiger partial charge in [0.05, 0.1) is 0 Å². The Kier molecular flexibility index (Phi) is 5.15. The molecule has 5 nitrogen and oxygen atoms in total. The van der Waals surface area contributed by atoms with Crippen LogP contribution in [0, 0.1) is 11.8 Å². The van der Waals surface area contributed by atoms with Gasteiger partial charge in [-0.3, -0.25) is 9.59 Å². The standard InChI is InChI=1S/C15H25N3O2/c1-11(2)9-12-7-8-18(10-12)15(20)6-4-13-3-5-14(19)17-16-13/h11-12H,3-10H2,1-2H3,(H,17,19)/t12-/m1/s1. The maximum atomic E-state index is 12.2. The van der Waals surface area contributed by atoms with Gasteiger partial charge >= 0.3 is 0 Å². The molecule has 2 aliphatic rings. The van der Waals surface area contributed by atoms with Crippen LogP contribution in [0.2, 0.25) is 0 Å². The van der Waals surface area contributed by atoms with Crippen molar-refractivity contribution < 1.29 is 9.59 Å². The van der Waals surface area contributed by atoms with Crippen LogP contribution in [0.25, 0.3) is 0 Å². The number of rotatable bonds is 5. The molecule has 0 aromatic rings. The summed E-state index contributed by atoms with van der Waals surface area (Å²) in [4.78, 5) is 25.1. The number of nitrogens with one attached hydrogen (secondary N) is 1. The first-order chi connectivity index (χ1) is 9.54. The van der Waals surface area contributed by atoms with Crippen LogP contribution in [-0.4, -0.2) is 35.5 Å². The average Bonchev–Trinajstić information content (AvgIpc) is 2.85. The van der Waals surface area contributed by atoms with Crippen LogP contribution in [-0.2, 0) is 9.59 Å². The summed E-state index contributed by atoms with van der Waals surface area (Å²) >= 11 is 0. The normalized spacial score (nSPS) is 22.9. The van der Waals surface area contributed by atoms with Gasteiger partial charge in [0.2, 0.25) is 11.8 Å². The van der Waals surface area contributed by atoms with Gasteiger partial charge < -0.3 is 4.90 Å². The molecule has 5 heteroatoms. The lowest BCUT2D eigenvalue weighted by Crippen LogP contribution is -2.30. The zero-order valence-corrected chi connectivity index (χ0v) is 12.5. The summed E-state index contributed by atoms with van der Waals surface area (Å²) < 4.78 is 0. The second-order valence-electron chi connectivity index (χ2n) is 6.34. The monoisotopic (exact) mass is 279 g/mol. The zero-order chi connectivity index (χ0) is 14.5. The van der Waals surface area contributed by atoms with Crippen molar-refractivity contribution in [2.24, 2.45) is 16.9 Å². The Bertz CT molecular complexity index is 404. The Labute approximate surface area is 120 Å². The van der Waals surface area contributed by atoms with E-state index in [0.29, 0.717) is 37.5 Å². The Morgan fingerprint density at radius 1 is 1.45 bits per heavy atom. The van der Waals surface area contributed by atoms with Crippen molar-refractivity contribution in [1.29, 1.82) is 0 Å². The molecule has 1 N–H and O–H groups in total. The number of amides is 2. The highest BCUT2D eigenvalue weighted by Gasteiger charge is 2.26. The molecule has 0 aromatic carbocycles. The molecule has 2 aliphatic heterocycles. The maximum absolute atomic E-state index is 12.2. The van der Waals surface area contributed by atoms with E-state index in [-0.39, 0.29) is 11.8 Å². The molecule has 112 valence electrons. The average molecular weight is 279 g/mol. The van der Waals surface area contributed by atoms with E-state index in [9.17, 15) is 9.59 Å². The van der Waals surface area contributed by atoms with Crippen LogP contribution in [0.3, 0.4) is 0 Å². The molecule has 0 unspecified atom stereocenters. The summed E-state index contributed by atoms with van der Waals surface area (Å²) in [7, 11) is 0. The van der Waals surface area contributed by atoms with E-state index in [4.69, 9.17) is 0 Å². The lowest BCUT2D eigenvalue weighted by molar-refractivity contribution is -0.130. The third-order valence-corrected chi connectivity index (χ3v) is 4.05. The van der Waals surface area contributed by atoms with Crippen molar-refractivity contribution in [2.45, 2.75) is 52.4 Å². The van der Waals surface area contributed by atoms with Crippen molar-refractivity contribution in [3.63, 3.8) is 0 Å². The number of nitrogens with zero attached hydrogens (tertiary/aromatic N) is 2. The van der Waals surface area contributed by atoms with E-state index in [2.05, 4.69) is 24.4 Å². The summed E-state index contributed by atoms with van der Waals surface area (Å²) in [5.41, 5.74) is 3.42. The van der Waals surface area contributed by atoms with E-state index in [1.165, 1.54) is 6.42 Å². The van der Waals surface area contributed by atoms with Gasteiger partial charge in [-0.15, -0.1) is 0 Å². The molecule has 2 heterocycles. The molecule has 0 aromatic heterocycles. The van der Waals surface area contributed by atoms with Crippen molar-refractivity contribution in [2.75, 3.05) is 13.1 Å². The quantitative estimate of drug-likeness (QED) is 0.836. The highest BCUT2D eigenvalue weighted by Crippen LogP contribution is 2.24. The van der Waals surface area contributed by atoms with Crippen molar-refractivity contribution in [3.05, 3.63) is 0 Å². The summed E-state index contributed by atoms with van der Waals surface area (Å²) in [6, 6.07) is 0. The van der Waals surface area contributed by atoms with E-state index in [0.717, 1.165) is 25.2 Å². The summed E-state index contributed by atoms with van der Waals surface area (Å²) in [5.74, 6) is 1.58. The van der Waals surface area contributed by atoms with Crippen LogP contribution >= 0.6 is 0 Å². The Balaban J connectivity index is 1.72. The van der Waals surface area contributed by atoms with E-state index in [1.54, 1.807) is 0 Å². The van der Waals surface area contributed by atoms with Gasteiger partial charge in [0.1, 0.15) is 0 Å². The molecule has 0 radical (unpaired) electrons. The van der Waals surface area contributed by atoms with E-state index in [1.807, 2.05) is 4.90 Å². The van der Waals surface area contributed by atoms with Crippen LogP contribution < -0.4 is 5.43 Å². The molecule has 0 bridgehead atoms. The minimum Gasteiger partial charge on any atom is -0.342 e. The molecule has 1 saturated heterocycles. The van der Waals surface area contributed by atoms with Crippen molar-refractivity contribution in [1.82, 2.24) is 10.3 Å². The summed E-state index contributed by atoms with van der Waals surface area (Å²) in [6.45, 7) is 6.29. The van der Waals surface area contributed by atoms with Gasteiger partial charge in [0, 0.05) is 31.6 Å². The predicted octanol–water partition coefficient (Wildman–Crippen LogP) is 1.93. The molecule has 1 fully saturated rings. The Morgan fingerprint density at radius 3 is 2.90 bits per heavy atom. The minimum atomic E-state index is -0.0313. The highest BCUT2D eigenvalue weighted by atomic mass is 16.2. The number of hydrogen-bond donors (Lipinski definition) is 1. The van der Waals surface area contributed by atoms with Crippen molar-refractivity contribution in [3.8, 4) is 0 Å². The van der Waals surface area contributed by atoms with Gasteiger partial charge in [-0.2, -0.15) is 5.10 Å². The van der Waals surface area contributed by atoms with Gasteiger partial charge in [-0.1, -0.05) is 13.8 Å². The number of carbonyl (C=O) groups excluding carboxylic acids is 2. The first-order valence-corrected chi connectivity index (χ1v) is 7.66. The molecule has 2 amide bonds. The number of hydrazone groups is 1. The molecule has 2 rings (SSSR count). The minimum absolute atomic E-state index is 0.0313. The molecule has 0 aliphatic carbocycles. The third-order valence-electron chi connectivity index (χ3n) is 4.05. The molecule has 20 heavy (non-hydrogen) atoms. The van der Waals surface area contributed by atoms with Gasteiger partial charge in [0.15, 0.2) is 0 Å². The lowest BCUT2D eigenvalue weighted by Gasteiger charge is -2.18. The Hall–Kier alpha value is -1.39. The topological polar surface area (TPSA) is 61.8 Å². The first kappa shape index (κ1) is 15.0. The lowest BCUT2D eigenvalue weighted by atomic mass is 9.97. The number of likely N-dealkylation sites (tertiary alicyclic amines) is 1. The summed E-state index contributed by atoms with van der Waals surface area (Å²) in [5, 5.41) is 4.01. The fraction of sp³-hybridized carbons (Fsp3) is 0.800. The van der Waals surface area contributed by atoms with Gasteiger partial charge in [0.25, 0.3) is 0 Å². The second kappa shape index (κ2) is 6.86. The SMILES string of the molecule is CC(C)C[C@H]1CCN(C(=O)CCC2=NNC(=O)CC2)C1. The maximum Gasteiger partial charge on any atom is 0.240 e. The van der Waals surface area contributed by atoms with E-state index < -0.39 is 0 Å². The molecule has 1 atom stereocenters.